The molecule has 0 atom stereocenters. The van der Waals surface area contributed by atoms with E-state index in [4.69, 9.17) is 0 Å². The van der Waals surface area contributed by atoms with Crippen LogP contribution >= 0.6 is 0 Å². The number of aryl methyl sites for hydroxylation is 1. The second kappa shape index (κ2) is 7.53. The standard InChI is InChI=1S/C19H17F2N3O3/c1-11(25)24-8-2-3-12-4-6-14(10-17(12)24)22-18(26)19(27)23-16-9-13(20)5-7-15(16)21/h4-7,9-10H,2-3,8H2,1H3,(H,22,26)(H,23,27). The van der Waals surface area contributed by atoms with Gasteiger partial charge in [-0.25, -0.2) is 8.78 Å². The molecule has 2 N–H and O–H groups in total. The lowest BCUT2D eigenvalue weighted by atomic mass is 10.0. The predicted octanol–water partition coefficient (Wildman–Crippen LogP) is 2.84. The largest absolute Gasteiger partial charge is 0.318 e. The number of benzene rings is 2. The number of hydrogen-bond acceptors (Lipinski definition) is 3. The summed E-state index contributed by atoms with van der Waals surface area (Å²) < 4.78 is 26.7. The molecular weight excluding hydrogens is 356 g/mol. The fourth-order valence-electron chi connectivity index (χ4n) is 2.94. The first-order chi connectivity index (χ1) is 12.8. The Morgan fingerprint density at radius 3 is 2.48 bits per heavy atom. The van der Waals surface area contributed by atoms with Crippen LogP contribution in [-0.4, -0.2) is 24.3 Å². The first kappa shape index (κ1) is 18.5. The molecule has 0 radical (unpaired) electrons. The highest BCUT2D eigenvalue weighted by molar-refractivity contribution is 6.43. The lowest BCUT2D eigenvalue weighted by Gasteiger charge is -2.29. The summed E-state index contributed by atoms with van der Waals surface area (Å²) in [6.07, 6.45) is 1.66. The number of rotatable bonds is 2. The minimum absolute atomic E-state index is 0.112. The molecule has 3 rings (SSSR count). The molecule has 0 fully saturated rings. The molecule has 0 aliphatic carbocycles. The SMILES string of the molecule is CC(=O)N1CCCc2ccc(NC(=O)C(=O)Nc3cc(F)ccc3F)cc21. The van der Waals surface area contributed by atoms with E-state index in [-0.39, 0.29) is 5.91 Å². The minimum Gasteiger partial charge on any atom is -0.318 e. The Bertz CT molecular complexity index is 930. The summed E-state index contributed by atoms with van der Waals surface area (Å²) >= 11 is 0. The Balaban J connectivity index is 1.74. The topological polar surface area (TPSA) is 78.5 Å². The molecule has 1 heterocycles. The predicted molar refractivity (Wildman–Crippen MR) is 96.4 cm³/mol. The Morgan fingerprint density at radius 1 is 1.00 bits per heavy atom. The van der Waals surface area contributed by atoms with Crippen LogP contribution in [0.3, 0.4) is 0 Å². The van der Waals surface area contributed by atoms with Crippen LogP contribution in [0.15, 0.2) is 36.4 Å². The summed E-state index contributed by atoms with van der Waals surface area (Å²) in [7, 11) is 0. The van der Waals surface area contributed by atoms with Crippen molar-refractivity contribution in [3.05, 3.63) is 53.6 Å². The number of nitrogens with one attached hydrogen (secondary N) is 2. The normalized spacial score (nSPS) is 12.9. The van der Waals surface area contributed by atoms with Gasteiger partial charge in [0, 0.05) is 30.9 Å². The van der Waals surface area contributed by atoms with Gasteiger partial charge in [0.2, 0.25) is 5.91 Å². The zero-order chi connectivity index (χ0) is 19.6. The van der Waals surface area contributed by atoms with E-state index < -0.39 is 29.1 Å². The van der Waals surface area contributed by atoms with Gasteiger partial charge in [0.15, 0.2) is 0 Å². The molecule has 2 aromatic rings. The number of halogens is 2. The quantitative estimate of drug-likeness (QED) is 0.795. The van der Waals surface area contributed by atoms with Gasteiger partial charge in [0.05, 0.1) is 5.69 Å². The lowest BCUT2D eigenvalue weighted by Crippen LogP contribution is -2.34. The van der Waals surface area contributed by atoms with E-state index in [1.54, 1.807) is 23.1 Å². The number of fused-ring (bicyclic) bond motifs is 1. The minimum atomic E-state index is -1.14. The van der Waals surface area contributed by atoms with Crippen molar-refractivity contribution in [3.8, 4) is 0 Å². The maximum Gasteiger partial charge on any atom is 0.314 e. The molecule has 0 spiro atoms. The van der Waals surface area contributed by atoms with Gasteiger partial charge in [-0.1, -0.05) is 6.07 Å². The second-order valence-electron chi connectivity index (χ2n) is 6.15. The fourth-order valence-corrected chi connectivity index (χ4v) is 2.94. The van der Waals surface area contributed by atoms with Crippen LogP contribution in [0.5, 0.6) is 0 Å². The van der Waals surface area contributed by atoms with Gasteiger partial charge in [-0.3, -0.25) is 14.4 Å². The Labute approximate surface area is 154 Å². The summed E-state index contributed by atoms with van der Waals surface area (Å²) in [5.41, 5.74) is 1.55. The molecule has 0 aromatic heterocycles. The van der Waals surface area contributed by atoms with Crippen LogP contribution in [0.1, 0.15) is 18.9 Å². The van der Waals surface area contributed by atoms with Crippen molar-refractivity contribution in [2.75, 3.05) is 22.1 Å². The Kier molecular flexibility index (Phi) is 5.16. The molecular formula is C19H17F2N3O3. The van der Waals surface area contributed by atoms with Gasteiger partial charge in [0.25, 0.3) is 0 Å². The number of amides is 3. The summed E-state index contributed by atoms with van der Waals surface area (Å²) in [5.74, 6) is -3.89. The van der Waals surface area contributed by atoms with Gasteiger partial charge in [0.1, 0.15) is 11.6 Å². The second-order valence-corrected chi connectivity index (χ2v) is 6.15. The van der Waals surface area contributed by atoms with E-state index in [2.05, 4.69) is 5.32 Å². The third kappa shape index (κ3) is 4.11. The van der Waals surface area contributed by atoms with Gasteiger partial charge in [-0.05, 0) is 42.7 Å². The molecule has 2 aromatic carbocycles. The maximum atomic E-state index is 13.6. The Morgan fingerprint density at radius 2 is 1.74 bits per heavy atom. The number of anilines is 3. The molecule has 0 unspecified atom stereocenters. The van der Waals surface area contributed by atoms with E-state index in [1.165, 1.54) is 6.92 Å². The van der Waals surface area contributed by atoms with E-state index in [0.29, 0.717) is 17.9 Å². The lowest BCUT2D eigenvalue weighted by molar-refractivity contribution is -0.133. The van der Waals surface area contributed by atoms with Crippen molar-refractivity contribution in [1.82, 2.24) is 0 Å². The average molecular weight is 373 g/mol. The zero-order valence-corrected chi connectivity index (χ0v) is 14.5. The average Bonchev–Trinajstić information content (AvgIpc) is 2.63. The van der Waals surface area contributed by atoms with Crippen molar-refractivity contribution >= 4 is 34.8 Å². The van der Waals surface area contributed by atoms with E-state index in [1.807, 2.05) is 5.32 Å². The summed E-state index contributed by atoms with van der Waals surface area (Å²) in [4.78, 5) is 37.4. The van der Waals surface area contributed by atoms with Gasteiger partial charge in [-0.15, -0.1) is 0 Å². The van der Waals surface area contributed by atoms with Crippen molar-refractivity contribution in [1.29, 1.82) is 0 Å². The molecule has 6 nitrogen and oxygen atoms in total. The Hall–Kier alpha value is -3.29. The van der Waals surface area contributed by atoms with Crippen LogP contribution in [0.4, 0.5) is 25.8 Å². The maximum absolute atomic E-state index is 13.6. The molecule has 140 valence electrons. The third-order valence-electron chi connectivity index (χ3n) is 4.22. The van der Waals surface area contributed by atoms with Gasteiger partial charge < -0.3 is 15.5 Å². The first-order valence-electron chi connectivity index (χ1n) is 8.33. The van der Waals surface area contributed by atoms with Crippen LogP contribution in [0.2, 0.25) is 0 Å². The smallest absolute Gasteiger partial charge is 0.314 e. The summed E-state index contributed by atoms with van der Waals surface area (Å²) in [6.45, 7) is 2.04. The first-order valence-corrected chi connectivity index (χ1v) is 8.33. The zero-order valence-electron chi connectivity index (χ0n) is 14.5. The van der Waals surface area contributed by atoms with Crippen LogP contribution in [-0.2, 0) is 20.8 Å². The van der Waals surface area contributed by atoms with Crippen molar-refractivity contribution in [2.45, 2.75) is 19.8 Å². The van der Waals surface area contributed by atoms with Crippen LogP contribution in [0.25, 0.3) is 0 Å². The van der Waals surface area contributed by atoms with Gasteiger partial charge in [-0.2, -0.15) is 0 Å². The molecule has 0 saturated heterocycles. The van der Waals surface area contributed by atoms with Crippen molar-refractivity contribution in [3.63, 3.8) is 0 Å². The van der Waals surface area contributed by atoms with E-state index >= 15 is 0 Å². The molecule has 8 heteroatoms. The molecule has 0 saturated carbocycles. The molecule has 0 bridgehead atoms. The van der Waals surface area contributed by atoms with E-state index in [0.717, 1.165) is 36.6 Å². The van der Waals surface area contributed by atoms with Crippen molar-refractivity contribution < 1.29 is 23.2 Å². The highest BCUT2D eigenvalue weighted by Gasteiger charge is 2.22. The fraction of sp³-hybridized carbons (Fsp3) is 0.211. The molecule has 1 aliphatic rings. The number of carbonyl (C=O) groups excluding carboxylic acids is 3. The van der Waals surface area contributed by atoms with E-state index in [9.17, 15) is 23.2 Å². The van der Waals surface area contributed by atoms with Crippen LogP contribution < -0.4 is 15.5 Å². The highest BCUT2D eigenvalue weighted by atomic mass is 19.1. The summed E-state index contributed by atoms with van der Waals surface area (Å²) in [6, 6.07) is 7.55. The van der Waals surface area contributed by atoms with Crippen molar-refractivity contribution in [2.24, 2.45) is 0 Å². The molecule has 3 amide bonds. The monoisotopic (exact) mass is 373 g/mol. The van der Waals surface area contributed by atoms with Crippen LogP contribution in [0, 0.1) is 11.6 Å². The summed E-state index contributed by atoms with van der Waals surface area (Å²) in [5, 5.41) is 4.43. The highest BCUT2D eigenvalue weighted by Crippen LogP contribution is 2.30. The number of hydrogen-bond donors (Lipinski definition) is 2. The number of carbonyl (C=O) groups is 3. The third-order valence-corrected chi connectivity index (χ3v) is 4.22. The molecule has 27 heavy (non-hydrogen) atoms. The number of nitrogens with zero attached hydrogens (tertiary/aromatic N) is 1. The molecule has 1 aliphatic heterocycles. The van der Waals surface area contributed by atoms with Gasteiger partial charge >= 0.3 is 11.8 Å².